The topological polar surface area (TPSA) is 79.1 Å². The first-order chi connectivity index (χ1) is 8.54. The van der Waals surface area contributed by atoms with E-state index in [1.807, 2.05) is 12.3 Å². The number of aryl methyl sites for hydroxylation is 2. The molecule has 96 valence electrons. The molecule has 0 bridgehead atoms. The first-order valence-corrected chi connectivity index (χ1v) is 6.11. The number of carbonyl (C=O) groups is 1. The van der Waals surface area contributed by atoms with Gasteiger partial charge in [0.15, 0.2) is 0 Å². The summed E-state index contributed by atoms with van der Waals surface area (Å²) in [5.41, 5.74) is 10.1. The highest BCUT2D eigenvalue weighted by atomic mass is 16.4. The number of aromatic nitrogens is 1. The molecule has 0 unspecified atom stereocenters. The normalized spacial score (nSPS) is 12.8. The van der Waals surface area contributed by atoms with Crippen molar-refractivity contribution >= 4 is 16.9 Å². The molecule has 0 amide bonds. The Balaban J connectivity index is 2.52. The predicted octanol–water partition coefficient (Wildman–Crippen LogP) is 1.99. The zero-order valence-corrected chi connectivity index (χ0v) is 10.7. The lowest BCUT2D eigenvalue weighted by Gasteiger charge is -2.09. The van der Waals surface area contributed by atoms with E-state index in [4.69, 9.17) is 10.8 Å². The van der Waals surface area contributed by atoms with Crippen LogP contribution in [0.1, 0.15) is 23.6 Å². The fourth-order valence-electron chi connectivity index (χ4n) is 2.42. The second-order valence-electron chi connectivity index (χ2n) is 4.60. The van der Waals surface area contributed by atoms with E-state index >= 15 is 0 Å². The van der Waals surface area contributed by atoms with Gasteiger partial charge in [-0.05, 0) is 36.1 Å². The lowest BCUT2D eigenvalue weighted by Crippen LogP contribution is -2.32. The standard InChI is InChI=1S/C14H18N2O2/c1-3-10-8(2)4-5-12-13(10)9(7-16-12)6-11(15)14(17)18/h4-5,7,11,16H,3,6,15H2,1-2H3,(H,17,18)/t11-/m0/s1. The van der Waals surface area contributed by atoms with Crippen LogP contribution in [0, 0.1) is 6.92 Å². The van der Waals surface area contributed by atoms with Gasteiger partial charge in [0, 0.05) is 23.5 Å². The fraction of sp³-hybridized carbons (Fsp3) is 0.357. The van der Waals surface area contributed by atoms with Gasteiger partial charge in [-0.1, -0.05) is 13.0 Å². The van der Waals surface area contributed by atoms with Crippen molar-refractivity contribution in [2.45, 2.75) is 32.7 Å². The van der Waals surface area contributed by atoms with Gasteiger partial charge in [-0.15, -0.1) is 0 Å². The Morgan fingerprint density at radius 2 is 2.22 bits per heavy atom. The molecular weight excluding hydrogens is 228 g/mol. The highest BCUT2D eigenvalue weighted by Gasteiger charge is 2.16. The summed E-state index contributed by atoms with van der Waals surface area (Å²) in [6.07, 6.45) is 3.15. The number of nitrogens with two attached hydrogens (primary N) is 1. The largest absolute Gasteiger partial charge is 0.480 e. The summed E-state index contributed by atoms with van der Waals surface area (Å²) < 4.78 is 0. The summed E-state index contributed by atoms with van der Waals surface area (Å²) in [5.74, 6) is -0.963. The van der Waals surface area contributed by atoms with E-state index in [2.05, 4.69) is 24.9 Å². The zero-order chi connectivity index (χ0) is 13.3. The third-order valence-corrected chi connectivity index (χ3v) is 3.38. The fourth-order valence-corrected chi connectivity index (χ4v) is 2.42. The second kappa shape index (κ2) is 4.82. The van der Waals surface area contributed by atoms with Gasteiger partial charge in [0.2, 0.25) is 0 Å². The average molecular weight is 246 g/mol. The maximum Gasteiger partial charge on any atom is 0.320 e. The van der Waals surface area contributed by atoms with Crippen LogP contribution in [0.5, 0.6) is 0 Å². The zero-order valence-electron chi connectivity index (χ0n) is 10.7. The Morgan fingerprint density at radius 3 is 2.83 bits per heavy atom. The lowest BCUT2D eigenvalue weighted by molar-refractivity contribution is -0.138. The minimum Gasteiger partial charge on any atom is -0.480 e. The van der Waals surface area contributed by atoms with Gasteiger partial charge in [0.05, 0.1) is 0 Å². The van der Waals surface area contributed by atoms with Crippen molar-refractivity contribution in [3.63, 3.8) is 0 Å². The van der Waals surface area contributed by atoms with Crippen molar-refractivity contribution in [3.8, 4) is 0 Å². The van der Waals surface area contributed by atoms with Crippen LogP contribution in [0.25, 0.3) is 10.9 Å². The highest BCUT2D eigenvalue weighted by molar-refractivity contribution is 5.88. The molecule has 4 N–H and O–H groups in total. The second-order valence-corrected chi connectivity index (χ2v) is 4.60. The van der Waals surface area contributed by atoms with Crippen molar-refractivity contribution in [3.05, 3.63) is 35.0 Å². The van der Waals surface area contributed by atoms with E-state index in [0.29, 0.717) is 6.42 Å². The average Bonchev–Trinajstić information content (AvgIpc) is 2.72. The molecule has 4 heteroatoms. The molecule has 18 heavy (non-hydrogen) atoms. The van der Waals surface area contributed by atoms with Crippen LogP contribution in [-0.2, 0) is 17.6 Å². The number of aromatic amines is 1. The molecule has 0 saturated carbocycles. The van der Waals surface area contributed by atoms with Crippen LogP contribution in [0.2, 0.25) is 0 Å². The minimum absolute atomic E-state index is 0.353. The van der Waals surface area contributed by atoms with Crippen LogP contribution in [0.3, 0.4) is 0 Å². The molecule has 1 aromatic carbocycles. The van der Waals surface area contributed by atoms with Crippen LogP contribution in [0.4, 0.5) is 0 Å². The molecule has 1 atom stereocenters. The SMILES string of the molecule is CCc1c(C)ccc2[nH]cc(C[C@H](N)C(=O)O)c12. The monoisotopic (exact) mass is 246 g/mol. The minimum atomic E-state index is -0.963. The maximum absolute atomic E-state index is 10.8. The number of H-pyrrole nitrogens is 1. The number of rotatable bonds is 4. The number of hydrogen-bond donors (Lipinski definition) is 3. The summed E-state index contributed by atoms with van der Waals surface area (Å²) in [5, 5.41) is 10.0. The van der Waals surface area contributed by atoms with E-state index < -0.39 is 12.0 Å². The number of aliphatic carboxylic acids is 1. The first kappa shape index (κ1) is 12.6. The highest BCUT2D eigenvalue weighted by Crippen LogP contribution is 2.26. The molecule has 0 aliphatic heterocycles. The van der Waals surface area contributed by atoms with Crippen molar-refractivity contribution in [2.75, 3.05) is 0 Å². The van der Waals surface area contributed by atoms with Gasteiger partial charge in [-0.3, -0.25) is 4.79 Å². The molecule has 0 saturated heterocycles. The van der Waals surface area contributed by atoms with Crippen molar-refractivity contribution < 1.29 is 9.90 Å². The van der Waals surface area contributed by atoms with Crippen LogP contribution >= 0.6 is 0 Å². The van der Waals surface area contributed by atoms with Gasteiger partial charge in [-0.2, -0.15) is 0 Å². The Hall–Kier alpha value is -1.81. The van der Waals surface area contributed by atoms with E-state index in [-0.39, 0.29) is 0 Å². The van der Waals surface area contributed by atoms with E-state index in [0.717, 1.165) is 22.9 Å². The van der Waals surface area contributed by atoms with Gasteiger partial charge in [0.25, 0.3) is 0 Å². The van der Waals surface area contributed by atoms with E-state index in [1.54, 1.807) is 0 Å². The molecule has 0 aliphatic carbocycles. The summed E-state index contributed by atoms with van der Waals surface area (Å²) in [4.78, 5) is 14.0. The number of carboxylic acids is 1. The molecule has 2 rings (SSSR count). The predicted molar refractivity (Wildman–Crippen MR) is 71.7 cm³/mol. The Labute approximate surface area is 106 Å². The maximum atomic E-state index is 10.8. The van der Waals surface area contributed by atoms with Gasteiger partial charge < -0.3 is 15.8 Å². The van der Waals surface area contributed by atoms with Crippen LogP contribution in [-0.4, -0.2) is 22.1 Å². The van der Waals surface area contributed by atoms with E-state index in [9.17, 15) is 4.79 Å². The Bertz CT molecular complexity index is 587. The third kappa shape index (κ3) is 2.11. The molecular formula is C14H18N2O2. The molecule has 4 nitrogen and oxygen atoms in total. The van der Waals surface area contributed by atoms with Crippen molar-refractivity contribution in [1.82, 2.24) is 4.98 Å². The number of hydrogen-bond acceptors (Lipinski definition) is 2. The van der Waals surface area contributed by atoms with E-state index in [1.165, 1.54) is 11.1 Å². The first-order valence-electron chi connectivity index (χ1n) is 6.11. The Morgan fingerprint density at radius 1 is 1.50 bits per heavy atom. The van der Waals surface area contributed by atoms with Gasteiger partial charge in [0.1, 0.15) is 6.04 Å². The molecule has 1 heterocycles. The van der Waals surface area contributed by atoms with Crippen molar-refractivity contribution in [1.29, 1.82) is 0 Å². The molecule has 1 aromatic heterocycles. The number of nitrogens with one attached hydrogen (secondary N) is 1. The molecule has 2 aromatic rings. The number of carboxylic acid groups (broad SMARTS) is 1. The number of fused-ring (bicyclic) bond motifs is 1. The summed E-state index contributed by atoms with van der Waals surface area (Å²) >= 11 is 0. The van der Waals surface area contributed by atoms with Crippen LogP contribution < -0.4 is 5.73 Å². The quantitative estimate of drug-likeness (QED) is 0.772. The third-order valence-electron chi connectivity index (χ3n) is 3.38. The Kier molecular flexibility index (Phi) is 3.39. The molecule has 0 spiro atoms. The van der Waals surface area contributed by atoms with Crippen molar-refractivity contribution in [2.24, 2.45) is 5.73 Å². The molecule has 0 aliphatic rings. The summed E-state index contributed by atoms with van der Waals surface area (Å²) in [6.45, 7) is 4.18. The smallest absolute Gasteiger partial charge is 0.320 e. The lowest BCUT2D eigenvalue weighted by atomic mass is 9.96. The van der Waals surface area contributed by atoms with Crippen LogP contribution in [0.15, 0.2) is 18.3 Å². The molecule has 0 radical (unpaired) electrons. The van der Waals surface area contributed by atoms with Gasteiger partial charge >= 0.3 is 5.97 Å². The summed E-state index contributed by atoms with van der Waals surface area (Å²) in [6, 6.07) is 3.26. The number of benzene rings is 1. The molecule has 0 fully saturated rings. The van der Waals surface area contributed by atoms with Gasteiger partial charge in [-0.25, -0.2) is 0 Å². The summed E-state index contributed by atoms with van der Waals surface area (Å²) in [7, 11) is 0.